The molecular weight excluding hydrogens is 629 g/mol. The van der Waals surface area contributed by atoms with Crippen LogP contribution in [0.4, 0.5) is 0 Å². The second-order valence-corrected chi connectivity index (χ2v) is 15.7. The van der Waals surface area contributed by atoms with Crippen LogP contribution in [0.15, 0.2) is 12.2 Å². The lowest BCUT2D eigenvalue weighted by atomic mass is 10.1. The van der Waals surface area contributed by atoms with E-state index in [9.17, 15) is 19.0 Å². The number of ether oxygens (including phenoxy) is 2. The summed E-state index contributed by atoms with van der Waals surface area (Å²) in [4.78, 5) is 36.8. The van der Waals surface area contributed by atoms with Gasteiger partial charge in [-0.2, -0.15) is 0 Å². The molecule has 2 unspecified atom stereocenters. The highest BCUT2D eigenvalue weighted by molar-refractivity contribution is 7.45. The fourth-order valence-electron chi connectivity index (χ4n) is 5.18. The number of phosphoric acid groups is 1. The Morgan fingerprint density at radius 3 is 1.58 bits per heavy atom. The van der Waals surface area contributed by atoms with E-state index in [2.05, 4.69) is 19.1 Å². The van der Waals surface area contributed by atoms with Crippen molar-refractivity contribution in [2.24, 2.45) is 0 Å². The normalized spacial score (nSPS) is 13.9. The van der Waals surface area contributed by atoms with Crippen LogP contribution >= 0.6 is 7.82 Å². The van der Waals surface area contributed by atoms with Gasteiger partial charge in [0.1, 0.15) is 19.8 Å². The molecule has 284 valence electrons. The lowest BCUT2D eigenvalue weighted by Gasteiger charge is -2.28. The molecule has 0 N–H and O–H groups in total. The lowest BCUT2D eigenvalue weighted by molar-refractivity contribution is -0.870. The van der Waals surface area contributed by atoms with Crippen LogP contribution in [0.2, 0.25) is 0 Å². The molecule has 0 radical (unpaired) electrons. The first-order valence-electron chi connectivity index (χ1n) is 19.4. The Bertz CT molecular complexity index is 845. The summed E-state index contributed by atoms with van der Waals surface area (Å²) >= 11 is 0. The van der Waals surface area contributed by atoms with Crippen molar-refractivity contribution in [3.05, 3.63) is 12.2 Å². The zero-order valence-electron chi connectivity index (χ0n) is 31.7. The molecule has 2 atom stereocenters. The van der Waals surface area contributed by atoms with Gasteiger partial charge in [-0.05, 0) is 38.5 Å². The fraction of sp³-hybridized carbons (Fsp3) is 0.895. The molecule has 0 aliphatic heterocycles. The van der Waals surface area contributed by atoms with Gasteiger partial charge >= 0.3 is 11.9 Å². The number of carbonyl (C=O) groups excluding carboxylic acids is 2. The highest BCUT2D eigenvalue weighted by Gasteiger charge is 2.21. The molecule has 0 heterocycles. The Balaban J connectivity index is 4.08. The van der Waals surface area contributed by atoms with Gasteiger partial charge in [-0.25, -0.2) is 0 Å². The molecule has 0 aliphatic carbocycles. The van der Waals surface area contributed by atoms with Crippen LogP contribution in [0.5, 0.6) is 0 Å². The van der Waals surface area contributed by atoms with E-state index in [-0.39, 0.29) is 26.1 Å². The van der Waals surface area contributed by atoms with Crippen molar-refractivity contribution >= 4 is 19.8 Å². The molecule has 0 aromatic carbocycles. The quantitative estimate of drug-likeness (QED) is 0.0211. The van der Waals surface area contributed by atoms with Crippen LogP contribution < -0.4 is 4.89 Å². The Kier molecular flexibility index (Phi) is 30.9. The number of hydrogen-bond acceptors (Lipinski definition) is 8. The number of phosphoric ester groups is 1. The average Bonchev–Trinajstić information content (AvgIpc) is 3.02. The molecule has 0 bridgehead atoms. The first-order valence-corrected chi connectivity index (χ1v) is 20.9. The largest absolute Gasteiger partial charge is 0.756 e. The Hall–Kier alpha value is -1.25. The second kappa shape index (κ2) is 31.7. The highest BCUT2D eigenvalue weighted by Crippen LogP contribution is 2.38. The van der Waals surface area contributed by atoms with E-state index in [4.69, 9.17) is 18.5 Å². The van der Waals surface area contributed by atoms with E-state index >= 15 is 0 Å². The van der Waals surface area contributed by atoms with Crippen LogP contribution in [0.1, 0.15) is 168 Å². The van der Waals surface area contributed by atoms with Gasteiger partial charge in [0.2, 0.25) is 0 Å². The van der Waals surface area contributed by atoms with Crippen molar-refractivity contribution in [2.45, 2.75) is 174 Å². The predicted octanol–water partition coefficient (Wildman–Crippen LogP) is 9.61. The van der Waals surface area contributed by atoms with E-state index in [0.29, 0.717) is 23.9 Å². The Morgan fingerprint density at radius 1 is 0.625 bits per heavy atom. The van der Waals surface area contributed by atoms with Gasteiger partial charge < -0.3 is 27.9 Å². The van der Waals surface area contributed by atoms with Crippen molar-refractivity contribution in [1.29, 1.82) is 0 Å². The van der Waals surface area contributed by atoms with Gasteiger partial charge in [0.05, 0.1) is 27.7 Å². The number of allylic oxidation sites excluding steroid dienone is 2. The average molecular weight is 704 g/mol. The van der Waals surface area contributed by atoms with E-state index in [1.165, 1.54) is 96.3 Å². The van der Waals surface area contributed by atoms with Crippen LogP contribution in [-0.4, -0.2) is 70.0 Å². The maximum absolute atomic E-state index is 12.5. The summed E-state index contributed by atoms with van der Waals surface area (Å²) in [6, 6.07) is 0. The number of carbonyl (C=O) groups is 2. The summed E-state index contributed by atoms with van der Waals surface area (Å²) < 4.78 is 33.4. The zero-order chi connectivity index (χ0) is 35.8. The standard InChI is InChI=1S/C38H74NO8P/c1-6-8-10-11-12-13-14-15-16-17-18-19-20-21-22-23-24-25-26-27-29-31-38(41)47-36(34-44-37(40)30-28-9-7-2)35-46-48(42,43)45-33-32-39(3,4)5/h17-18,36H,6-16,19-35H2,1-5H3/b18-17-. The summed E-state index contributed by atoms with van der Waals surface area (Å²) in [6.07, 6.45) is 30.4. The molecule has 9 nitrogen and oxygen atoms in total. The summed E-state index contributed by atoms with van der Waals surface area (Å²) in [5, 5.41) is 0. The molecule has 0 spiro atoms. The molecule has 0 aromatic rings. The van der Waals surface area contributed by atoms with Crippen LogP contribution in [0, 0.1) is 0 Å². The molecule has 0 aliphatic rings. The third kappa shape index (κ3) is 34.6. The maximum atomic E-state index is 12.5. The van der Waals surface area contributed by atoms with Gasteiger partial charge in [0.25, 0.3) is 7.82 Å². The first-order chi connectivity index (χ1) is 23.0. The van der Waals surface area contributed by atoms with Crippen molar-refractivity contribution < 1.29 is 42.1 Å². The van der Waals surface area contributed by atoms with E-state index in [0.717, 1.165) is 32.1 Å². The molecule has 10 heteroatoms. The second-order valence-electron chi connectivity index (χ2n) is 14.3. The van der Waals surface area contributed by atoms with Gasteiger partial charge in [-0.3, -0.25) is 14.2 Å². The molecule has 0 rings (SSSR count). The number of unbranched alkanes of at least 4 members (excludes halogenated alkanes) is 19. The highest BCUT2D eigenvalue weighted by atomic mass is 31.2. The van der Waals surface area contributed by atoms with E-state index in [1.807, 2.05) is 28.1 Å². The molecule has 0 aromatic heterocycles. The third-order valence-electron chi connectivity index (χ3n) is 8.29. The number of quaternary nitrogens is 1. The van der Waals surface area contributed by atoms with Crippen LogP contribution in [0.3, 0.4) is 0 Å². The molecule has 0 saturated heterocycles. The molecule has 0 amide bonds. The van der Waals surface area contributed by atoms with Gasteiger partial charge in [-0.15, -0.1) is 0 Å². The SMILES string of the molecule is CCCCCCCCCC/C=C\CCCCCCCCCCCC(=O)OC(COC(=O)CCCCC)COP(=O)([O-])OCC[N+](C)(C)C. The van der Waals surface area contributed by atoms with E-state index < -0.39 is 32.5 Å². The molecule has 0 fully saturated rings. The summed E-state index contributed by atoms with van der Waals surface area (Å²) in [7, 11) is 1.16. The number of hydrogen-bond donors (Lipinski definition) is 0. The monoisotopic (exact) mass is 704 g/mol. The number of likely N-dealkylation sites (N-methyl/N-ethyl adjacent to an activating group) is 1. The Morgan fingerprint density at radius 2 is 1.06 bits per heavy atom. The van der Waals surface area contributed by atoms with Crippen molar-refractivity contribution in [3.8, 4) is 0 Å². The van der Waals surface area contributed by atoms with Crippen LogP contribution in [-0.2, 0) is 32.7 Å². The first kappa shape index (κ1) is 46.8. The van der Waals surface area contributed by atoms with Crippen molar-refractivity contribution in [1.82, 2.24) is 0 Å². The summed E-state index contributed by atoms with van der Waals surface area (Å²) in [5.41, 5.74) is 0. The summed E-state index contributed by atoms with van der Waals surface area (Å²) in [5.74, 6) is -0.862. The lowest BCUT2D eigenvalue weighted by Crippen LogP contribution is -2.37. The molecular formula is C38H74NO8P. The smallest absolute Gasteiger partial charge is 0.306 e. The van der Waals surface area contributed by atoms with Crippen molar-refractivity contribution in [3.63, 3.8) is 0 Å². The maximum Gasteiger partial charge on any atom is 0.306 e. The minimum atomic E-state index is -4.60. The summed E-state index contributed by atoms with van der Waals surface area (Å²) in [6.45, 7) is 4.03. The number of esters is 2. The number of rotatable bonds is 35. The van der Waals surface area contributed by atoms with Gasteiger partial charge in [0.15, 0.2) is 6.10 Å². The number of nitrogens with zero attached hydrogens (tertiary/aromatic N) is 1. The predicted molar refractivity (Wildman–Crippen MR) is 195 cm³/mol. The third-order valence-corrected chi connectivity index (χ3v) is 9.25. The topological polar surface area (TPSA) is 111 Å². The van der Waals surface area contributed by atoms with E-state index in [1.54, 1.807) is 0 Å². The Labute approximate surface area is 295 Å². The fourth-order valence-corrected chi connectivity index (χ4v) is 5.91. The minimum absolute atomic E-state index is 0.0295. The van der Waals surface area contributed by atoms with Gasteiger partial charge in [0, 0.05) is 12.8 Å². The molecule has 48 heavy (non-hydrogen) atoms. The van der Waals surface area contributed by atoms with Gasteiger partial charge in [-0.1, -0.05) is 129 Å². The zero-order valence-corrected chi connectivity index (χ0v) is 32.6. The van der Waals surface area contributed by atoms with Crippen LogP contribution in [0.25, 0.3) is 0 Å². The minimum Gasteiger partial charge on any atom is -0.756 e. The van der Waals surface area contributed by atoms with Crippen molar-refractivity contribution in [2.75, 3.05) is 47.5 Å². The molecule has 0 saturated carbocycles.